The lowest BCUT2D eigenvalue weighted by Crippen LogP contribution is -2.13. The van der Waals surface area contributed by atoms with Crippen molar-refractivity contribution in [1.29, 1.82) is 0 Å². The Bertz CT molecular complexity index is 1950. The molecule has 0 amide bonds. The molecule has 0 unspecified atom stereocenters. The zero-order valence-electron chi connectivity index (χ0n) is 28.4. The molecule has 0 radical (unpaired) electrons. The number of para-hydroxylation sites is 1. The quantitative estimate of drug-likeness (QED) is 0.137. The molecule has 0 aliphatic carbocycles. The van der Waals surface area contributed by atoms with E-state index in [1.165, 1.54) is 63.2 Å². The second-order valence-corrected chi connectivity index (χ2v) is 14.5. The van der Waals surface area contributed by atoms with Crippen molar-refractivity contribution in [2.75, 3.05) is 9.80 Å². The Hall–Kier alpha value is -4.12. The van der Waals surface area contributed by atoms with E-state index in [4.69, 9.17) is 0 Å². The second kappa shape index (κ2) is 15.0. The van der Waals surface area contributed by atoms with E-state index in [1.807, 2.05) is 0 Å². The molecule has 0 aliphatic heterocycles. The molecule has 0 aliphatic rings. The summed E-state index contributed by atoms with van der Waals surface area (Å²) in [5.41, 5.74) is 15.9. The topological polar surface area (TPSA) is 6.48 Å². The molecule has 0 N–H and O–H groups in total. The lowest BCUT2D eigenvalue weighted by Gasteiger charge is -2.29. The van der Waals surface area contributed by atoms with Crippen LogP contribution < -0.4 is 9.80 Å². The van der Waals surface area contributed by atoms with Crippen LogP contribution in [0, 0.1) is 27.7 Å². The SMILES string of the molecule is CCCCc1cc(C)c(N(c2ccc(Br)cc2)c2ccc(-c3ccc(N(c4ccc(Br)cc4)c4c(C)cccc4C)cc3)cc2)c(C)c1. The van der Waals surface area contributed by atoms with Crippen molar-refractivity contribution in [3.05, 3.63) is 164 Å². The first-order valence-electron chi connectivity index (χ1n) is 16.7. The highest BCUT2D eigenvalue weighted by atomic mass is 79.9. The third-order valence-electron chi connectivity index (χ3n) is 9.01. The molecule has 0 saturated heterocycles. The van der Waals surface area contributed by atoms with Gasteiger partial charge in [0.25, 0.3) is 0 Å². The lowest BCUT2D eigenvalue weighted by molar-refractivity contribution is 0.794. The molecule has 0 saturated carbocycles. The van der Waals surface area contributed by atoms with Crippen molar-refractivity contribution in [3.8, 4) is 11.1 Å². The number of halogens is 2. The largest absolute Gasteiger partial charge is 0.310 e. The fourth-order valence-corrected chi connectivity index (χ4v) is 7.21. The van der Waals surface area contributed by atoms with Crippen LogP contribution in [0.2, 0.25) is 0 Å². The van der Waals surface area contributed by atoms with Crippen LogP contribution in [0.1, 0.15) is 47.6 Å². The maximum Gasteiger partial charge on any atom is 0.0520 e. The van der Waals surface area contributed by atoms with E-state index in [-0.39, 0.29) is 0 Å². The molecule has 6 aromatic carbocycles. The van der Waals surface area contributed by atoms with Gasteiger partial charge in [-0.1, -0.05) is 99.8 Å². The molecule has 4 heteroatoms. The van der Waals surface area contributed by atoms with Crippen molar-refractivity contribution < 1.29 is 0 Å². The zero-order chi connectivity index (χ0) is 33.8. The van der Waals surface area contributed by atoms with Crippen molar-refractivity contribution in [2.24, 2.45) is 0 Å². The van der Waals surface area contributed by atoms with E-state index >= 15 is 0 Å². The number of hydrogen-bond donors (Lipinski definition) is 0. The van der Waals surface area contributed by atoms with Crippen molar-refractivity contribution in [1.82, 2.24) is 0 Å². The fourth-order valence-electron chi connectivity index (χ4n) is 6.68. The first-order valence-corrected chi connectivity index (χ1v) is 18.3. The number of benzene rings is 6. The predicted molar refractivity (Wildman–Crippen MR) is 214 cm³/mol. The van der Waals surface area contributed by atoms with Gasteiger partial charge in [0.1, 0.15) is 0 Å². The molecule has 0 bridgehead atoms. The highest BCUT2D eigenvalue weighted by Gasteiger charge is 2.19. The number of nitrogens with zero attached hydrogens (tertiary/aromatic N) is 2. The fraction of sp³-hybridized carbons (Fsp3) is 0.182. The van der Waals surface area contributed by atoms with Gasteiger partial charge in [-0.3, -0.25) is 0 Å². The molecule has 0 atom stereocenters. The Labute approximate surface area is 303 Å². The molecule has 2 nitrogen and oxygen atoms in total. The molecule has 6 aromatic rings. The maximum atomic E-state index is 3.63. The first kappa shape index (κ1) is 33.8. The minimum atomic E-state index is 1.07. The molecule has 0 heterocycles. The molecular formula is C44H42Br2N2. The number of unbranched alkanes of at least 4 members (excludes halogenated alkanes) is 1. The van der Waals surface area contributed by atoms with E-state index < -0.39 is 0 Å². The second-order valence-electron chi connectivity index (χ2n) is 12.6. The Morgan fingerprint density at radius 3 is 1.19 bits per heavy atom. The third-order valence-corrected chi connectivity index (χ3v) is 10.1. The summed E-state index contributed by atoms with van der Waals surface area (Å²) in [6.07, 6.45) is 3.54. The van der Waals surface area contributed by atoms with E-state index in [9.17, 15) is 0 Å². The maximum absolute atomic E-state index is 3.63. The number of hydrogen-bond acceptors (Lipinski definition) is 2. The average Bonchev–Trinajstić information content (AvgIpc) is 3.08. The summed E-state index contributed by atoms with van der Waals surface area (Å²) in [7, 11) is 0. The Morgan fingerprint density at radius 1 is 0.458 bits per heavy atom. The molecule has 0 spiro atoms. The highest BCUT2D eigenvalue weighted by Crippen LogP contribution is 2.42. The molecule has 0 fully saturated rings. The summed E-state index contributed by atoms with van der Waals surface area (Å²) in [6, 6.07) is 46.3. The van der Waals surface area contributed by atoms with Gasteiger partial charge >= 0.3 is 0 Å². The summed E-state index contributed by atoms with van der Waals surface area (Å²) in [5, 5.41) is 0. The molecular weight excluding hydrogens is 716 g/mol. The molecule has 242 valence electrons. The minimum absolute atomic E-state index is 1.07. The van der Waals surface area contributed by atoms with Crippen LogP contribution in [-0.4, -0.2) is 0 Å². The predicted octanol–water partition coefficient (Wildman–Crippen LogP) is 14.4. The van der Waals surface area contributed by atoms with Crippen LogP contribution in [0.25, 0.3) is 11.1 Å². The molecule has 6 rings (SSSR count). The summed E-state index contributed by atoms with van der Waals surface area (Å²) in [6.45, 7) is 11.1. The Kier molecular flexibility index (Phi) is 10.5. The van der Waals surface area contributed by atoms with Crippen LogP contribution in [0.5, 0.6) is 0 Å². The number of rotatable bonds is 10. The van der Waals surface area contributed by atoms with Gasteiger partial charge < -0.3 is 9.80 Å². The van der Waals surface area contributed by atoms with Gasteiger partial charge in [-0.25, -0.2) is 0 Å². The molecule has 0 aromatic heterocycles. The molecule has 48 heavy (non-hydrogen) atoms. The van der Waals surface area contributed by atoms with Gasteiger partial charge in [0, 0.05) is 31.7 Å². The van der Waals surface area contributed by atoms with E-state index in [0.717, 1.165) is 38.1 Å². The summed E-state index contributed by atoms with van der Waals surface area (Å²) in [5.74, 6) is 0. The van der Waals surface area contributed by atoms with Crippen molar-refractivity contribution in [3.63, 3.8) is 0 Å². The monoisotopic (exact) mass is 756 g/mol. The summed E-state index contributed by atoms with van der Waals surface area (Å²) in [4.78, 5) is 4.76. The third kappa shape index (κ3) is 7.31. The van der Waals surface area contributed by atoms with Gasteiger partial charge in [-0.15, -0.1) is 0 Å². The van der Waals surface area contributed by atoms with Gasteiger partial charge in [0.05, 0.1) is 11.4 Å². The number of anilines is 6. The standard InChI is InChI=1S/C44H42Br2N2/c1-6-7-11-34-28-32(4)44(33(5)29-34)48(42-26-18-38(46)19-27-42)40-22-14-36(15-23-40)35-12-20-39(21-13-35)47(41-24-16-37(45)17-25-41)43-30(2)9-8-10-31(43)3/h8-10,12-29H,6-7,11H2,1-5H3. The van der Waals surface area contributed by atoms with Crippen LogP contribution in [0.3, 0.4) is 0 Å². The van der Waals surface area contributed by atoms with Crippen LogP contribution in [-0.2, 0) is 6.42 Å². The number of aryl methyl sites for hydroxylation is 5. The lowest BCUT2D eigenvalue weighted by atomic mass is 9.98. The van der Waals surface area contributed by atoms with Crippen molar-refractivity contribution >= 4 is 66.0 Å². The van der Waals surface area contributed by atoms with Crippen LogP contribution in [0.4, 0.5) is 34.1 Å². The van der Waals surface area contributed by atoms with Crippen molar-refractivity contribution in [2.45, 2.75) is 53.9 Å². The summed E-state index contributed by atoms with van der Waals surface area (Å²) >= 11 is 7.24. The van der Waals surface area contributed by atoms with E-state index in [1.54, 1.807) is 0 Å². The van der Waals surface area contributed by atoms with E-state index in [0.29, 0.717) is 0 Å². The smallest absolute Gasteiger partial charge is 0.0520 e. The minimum Gasteiger partial charge on any atom is -0.310 e. The van der Waals surface area contributed by atoms with Crippen LogP contribution >= 0.6 is 31.9 Å². The summed E-state index contributed by atoms with van der Waals surface area (Å²) < 4.78 is 2.14. The Balaban J connectivity index is 1.35. The highest BCUT2D eigenvalue weighted by molar-refractivity contribution is 9.10. The van der Waals surface area contributed by atoms with Gasteiger partial charge in [-0.05, 0) is 152 Å². The Morgan fingerprint density at radius 2 is 0.812 bits per heavy atom. The zero-order valence-corrected chi connectivity index (χ0v) is 31.6. The van der Waals surface area contributed by atoms with Gasteiger partial charge in [0.15, 0.2) is 0 Å². The van der Waals surface area contributed by atoms with Gasteiger partial charge in [-0.2, -0.15) is 0 Å². The van der Waals surface area contributed by atoms with E-state index in [2.05, 4.69) is 204 Å². The first-order chi connectivity index (χ1) is 23.2. The van der Waals surface area contributed by atoms with Gasteiger partial charge in [0.2, 0.25) is 0 Å². The normalized spacial score (nSPS) is 11.1. The van der Waals surface area contributed by atoms with Crippen LogP contribution in [0.15, 0.2) is 136 Å². The average molecular weight is 759 g/mol.